The Morgan fingerprint density at radius 1 is 0.620 bits per heavy atom. The molecule has 6 nitrogen and oxygen atoms in total. The molecule has 50 heavy (non-hydrogen) atoms. The summed E-state index contributed by atoms with van der Waals surface area (Å²) in [5.41, 5.74) is 3.22. The van der Waals surface area contributed by atoms with Crippen LogP contribution in [-0.4, -0.2) is 74.3 Å². The van der Waals surface area contributed by atoms with Gasteiger partial charge in [0.15, 0.2) is 0 Å². The molecule has 0 unspecified atom stereocenters. The van der Waals surface area contributed by atoms with Crippen LogP contribution in [0.2, 0.25) is 5.02 Å². The van der Waals surface area contributed by atoms with Gasteiger partial charge in [0, 0.05) is 39.0 Å². The zero-order valence-electron chi connectivity index (χ0n) is 32.8. The highest BCUT2D eigenvalue weighted by Crippen LogP contribution is 2.48. The van der Waals surface area contributed by atoms with Crippen LogP contribution in [0.3, 0.4) is 0 Å². The molecule has 0 saturated carbocycles. The molecular weight excluding hydrogens is 679 g/mol. The van der Waals surface area contributed by atoms with E-state index in [2.05, 4.69) is 131 Å². The van der Waals surface area contributed by atoms with Gasteiger partial charge in [-0.2, -0.15) is 0 Å². The van der Waals surface area contributed by atoms with Crippen LogP contribution in [-0.2, 0) is 9.31 Å². The summed E-state index contributed by atoms with van der Waals surface area (Å²) in [6.07, 6.45) is 4.58. The summed E-state index contributed by atoms with van der Waals surface area (Å²) in [4.78, 5) is 15.0. The predicted octanol–water partition coefficient (Wildman–Crippen LogP) is 10.3. The molecule has 3 saturated heterocycles. The second-order valence-electron chi connectivity index (χ2n) is 18.6. The van der Waals surface area contributed by atoms with Gasteiger partial charge in [0.05, 0.1) is 41.7 Å². The maximum atomic E-state index is 6.24. The summed E-state index contributed by atoms with van der Waals surface area (Å²) >= 11 is 9.75. The number of nitrogens with zero attached hydrogens (tertiary/aromatic N) is 4. The molecule has 5 heterocycles. The highest BCUT2D eigenvalue weighted by atomic mass is 35.5. The number of hydrogen-bond acceptors (Lipinski definition) is 8. The van der Waals surface area contributed by atoms with Crippen LogP contribution in [0.5, 0.6) is 0 Å². The molecule has 7 rings (SSSR count). The van der Waals surface area contributed by atoms with Gasteiger partial charge in [-0.05, 0) is 159 Å². The number of piperidine rings is 2. The number of thiazole rings is 2. The molecule has 2 aromatic heterocycles. The van der Waals surface area contributed by atoms with Crippen molar-refractivity contribution in [2.24, 2.45) is 0 Å². The Balaban J connectivity index is 0.000000182. The zero-order chi connectivity index (χ0) is 36.8. The van der Waals surface area contributed by atoms with E-state index in [1.807, 2.05) is 34.8 Å². The monoisotopic (exact) mass is 736 g/mol. The van der Waals surface area contributed by atoms with Gasteiger partial charge in [-0.25, -0.2) is 9.97 Å². The summed E-state index contributed by atoms with van der Waals surface area (Å²) in [6, 6.07) is 12.5. The lowest BCUT2D eigenvalue weighted by molar-refractivity contribution is -0.0130. The minimum absolute atomic E-state index is 0.165. The van der Waals surface area contributed by atoms with E-state index in [0.29, 0.717) is 11.8 Å². The van der Waals surface area contributed by atoms with E-state index in [-0.39, 0.29) is 40.5 Å². The van der Waals surface area contributed by atoms with Crippen molar-refractivity contribution in [3.63, 3.8) is 0 Å². The van der Waals surface area contributed by atoms with Gasteiger partial charge < -0.3 is 9.31 Å². The third-order valence-corrected chi connectivity index (χ3v) is 15.3. The number of hydrogen-bond donors (Lipinski definition) is 0. The molecule has 0 spiro atoms. The van der Waals surface area contributed by atoms with Crippen molar-refractivity contribution in [3.05, 3.63) is 51.4 Å². The van der Waals surface area contributed by atoms with Crippen LogP contribution >= 0.6 is 34.3 Å². The van der Waals surface area contributed by atoms with E-state index >= 15 is 0 Å². The maximum Gasteiger partial charge on any atom is 0.494 e. The fraction of sp³-hybridized carbons (Fsp3) is 0.650. The summed E-state index contributed by atoms with van der Waals surface area (Å²) < 4.78 is 15.0. The minimum atomic E-state index is -0.337. The molecule has 10 heteroatoms. The van der Waals surface area contributed by atoms with E-state index in [9.17, 15) is 0 Å². The smallest absolute Gasteiger partial charge is 0.399 e. The molecule has 3 aliphatic heterocycles. The number of benzene rings is 2. The first kappa shape index (κ1) is 38.1. The first-order valence-corrected chi connectivity index (χ1v) is 20.2. The van der Waals surface area contributed by atoms with E-state index in [4.69, 9.17) is 30.9 Å². The van der Waals surface area contributed by atoms with Gasteiger partial charge in [0.25, 0.3) is 0 Å². The minimum Gasteiger partial charge on any atom is -0.399 e. The molecule has 0 amide bonds. The molecule has 4 aromatic rings. The number of fused-ring (bicyclic) bond motifs is 2. The molecule has 2 aromatic carbocycles. The number of rotatable bonds is 3. The van der Waals surface area contributed by atoms with E-state index < -0.39 is 0 Å². The zero-order valence-corrected chi connectivity index (χ0v) is 35.2. The predicted molar refractivity (Wildman–Crippen MR) is 216 cm³/mol. The van der Waals surface area contributed by atoms with E-state index in [1.54, 1.807) is 0 Å². The highest BCUT2D eigenvalue weighted by molar-refractivity contribution is 7.19. The topological polar surface area (TPSA) is 50.7 Å². The van der Waals surface area contributed by atoms with Gasteiger partial charge in [-0.15, -0.1) is 22.7 Å². The van der Waals surface area contributed by atoms with Gasteiger partial charge in [0.1, 0.15) is 0 Å². The highest BCUT2D eigenvalue weighted by Gasteiger charge is 2.52. The van der Waals surface area contributed by atoms with Crippen LogP contribution in [0.1, 0.15) is 131 Å². The summed E-state index contributed by atoms with van der Waals surface area (Å²) in [5.74, 6) is 1.02. The normalized spacial score (nSPS) is 24.8. The summed E-state index contributed by atoms with van der Waals surface area (Å²) in [6.45, 7) is 27.1. The van der Waals surface area contributed by atoms with Crippen LogP contribution in [0.25, 0.3) is 20.4 Å². The molecule has 0 radical (unpaired) electrons. The van der Waals surface area contributed by atoms with Crippen molar-refractivity contribution < 1.29 is 9.31 Å². The fourth-order valence-corrected chi connectivity index (χ4v) is 10.7. The van der Waals surface area contributed by atoms with Crippen LogP contribution < -0.4 is 5.46 Å². The van der Waals surface area contributed by atoms with Crippen LogP contribution in [0, 0.1) is 0 Å². The Morgan fingerprint density at radius 3 is 1.42 bits per heavy atom. The van der Waals surface area contributed by atoms with Gasteiger partial charge in [0.2, 0.25) is 0 Å². The Hall–Kier alpha value is -1.59. The number of likely N-dealkylation sites (tertiary alicyclic amines) is 2. The van der Waals surface area contributed by atoms with Gasteiger partial charge in [-0.3, -0.25) is 9.80 Å². The average molecular weight is 737 g/mol. The SMILES string of the molecule is CN1C(C)(C)CC(c2nc3cc(B4OC(C)(C)C(C)(C)O4)ccc3s2)CC1(C)C.CN1C(C)(C)CC(c2nc3cc(Cl)ccc3s2)CC1(C)C. The molecule has 3 fully saturated rings. The Bertz CT molecular complexity index is 1830. The Labute approximate surface area is 314 Å². The first-order chi connectivity index (χ1) is 22.9. The van der Waals surface area contributed by atoms with Crippen molar-refractivity contribution in [2.45, 2.75) is 154 Å². The summed E-state index contributed by atoms with van der Waals surface area (Å²) in [5, 5.41) is 3.30. The second kappa shape index (κ2) is 12.8. The van der Waals surface area contributed by atoms with Crippen LogP contribution in [0.4, 0.5) is 0 Å². The van der Waals surface area contributed by atoms with E-state index in [1.165, 1.54) is 19.4 Å². The number of aromatic nitrogens is 2. The third-order valence-electron chi connectivity index (χ3n) is 12.6. The number of halogens is 1. The molecule has 0 aliphatic carbocycles. The molecule has 272 valence electrons. The van der Waals surface area contributed by atoms with Gasteiger partial charge in [-0.1, -0.05) is 17.7 Å². The first-order valence-electron chi connectivity index (χ1n) is 18.2. The maximum absolute atomic E-state index is 6.24. The molecule has 0 N–H and O–H groups in total. The van der Waals surface area contributed by atoms with Crippen molar-refractivity contribution >= 4 is 67.3 Å². The van der Waals surface area contributed by atoms with Crippen molar-refractivity contribution in [2.75, 3.05) is 14.1 Å². The second-order valence-corrected chi connectivity index (χ2v) is 21.2. The third kappa shape index (κ3) is 7.19. The standard InChI is InChI=1S/C23H35BN2O2S.C17H23ClN2S/c1-20(2)13-15(14-21(3,4)26(20)9)19-25-17-12-16(10-11-18(17)29-19)24-27-22(5,6)23(7,8)28-24;1-16(2)9-11(10-17(3,4)20(16)5)15-19-13-8-12(18)6-7-14(13)21-15/h10-12,15H,13-14H2,1-9H3;6-8,11H,9-10H2,1-5H3. The lowest BCUT2D eigenvalue weighted by atomic mass is 9.74. The summed E-state index contributed by atoms with van der Waals surface area (Å²) in [7, 11) is 4.16. The van der Waals surface area contributed by atoms with E-state index in [0.717, 1.165) is 47.2 Å². The lowest BCUT2D eigenvalue weighted by Gasteiger charge is -2.53. The Kier molecular flexibility index (Phi) is 9.75. The molecule has 0 atom stereocenters. The fourth-order valence-electron chi connectivity index (χ4n) is 8.45. The average Bonchev–Trinajstić information content (AvgIpc) is 3.67. The molecular formula is C40H58BClN4O2S2. The molecule has 3 aliphatic rings. The molecule has 0 bridgehead atoms. The van der Waals surface area contributed by atoms with Crippen LogP contribution in [0.15, 0.2) is 36.4 Å². The van der Waals surface area contributed by atoms with Gasteiger partial charge >= 0.3 is 7.12 Å². The Morgan fingerprint density at radius 2 is 1.00 bits per heavy atom. The largest absolute Gasteiger partial charge is 0.494 e. The van der Waals surface area contributed by atoms with Crippen molar-refractivity contribution in [1.29, 1.82) is 0 Å². The lowest BCUT2D eigenvalue weighted by Crippen LogP contribution is -2.58. The van der Waals surface area contributed by atoms with Crippen molar-refractivity contribution in [1.82, 2.24) is 19.8 Å². The quantitative estimate of drug-likeness (QED) is 0.195. The van der Waals surface area contributed by atoms with Crippen molar-refractivity contribution in [3.8, 4) is 0 Å².